The summed E-state index contributed by atoms with van der Waals surface area (Å²) in [6, 6.07) is 0. The first-order valence-corrected chi connectivity index (χ1v) is 4.66. The van der Waals surface area contributed by atoms with Crippen LogP contribution >= 0.6 is 0 Å². The number of halogens is 3. The largest absolute Gasteiger partial charge is 0.758 e. The molecule has 0 aromatic carbocycles. The van der Waals surface area contributed by atoms with Gasteiger partial charge in [-0.1, -0.05) is 0 Å². The van der Waals surface area contributed by atoms with E-state index in [-0.39, 0.29) is 10.6 Å². The summed E-state index contributed by atoms with van der Waals surface area (Å²) in [4.78, 5) is 11.5. The number of carbonyl (C=O) groups excluding carboxylic acids is 1. The Morgan fingerprint density at radius 1 is 1.53 bits per heavy atom. The van der Waals surface area contributed by atoms with Gasteiger partial charge in [0, 0.05) is 6.20 Å². The summed E-state index contributed by atoms with van der Waals surface area (Å²) >= 11 is 0. The molecule has 1 rings (SSSR count). The normalized spacial score (nSPS) is 25.2. The van der Waals surface area contributed by atoms with Gasteiger partial charge in [-0.2, -0.15) is 13.2 Å². The Hall–Kier alpha value is -1.50. The molecule has 1 heterocycles. The predicted molar refractivity (Wildman–Crippen MR) is 53.5 cm³/mol. The first-order valence-electron chi connectivity index (χ1n) is 4.66. The van der Waals surface area contributed by atoms with Crippen molar-refractivity contribution in [3.05, 3.63) is 28.6 Å². The Morgan fingerprint density at radius 3 is 2.41 bits per heavy atom. The average Bonchev–Trinajstić information content (AvgIpc) is 2.22. The van der Waals surface area contributed by atoms with Crippen molar-refractivity contribution in [2.24, 2.45) is 0 Å². The molecule has 7 heteroatoms. The molecule has 0 radical (unpaired) electrons. The molecule has 1 unspecified atom stereocenters. The third-order valence-corrected chi connectivity index (χ3v) is 2.75. The van der Waals surface area contributed by atoms with Crippen LogP contribution in [0, 0.1) is 5.21 Å². The zero-order valence-corrected chi connectivity index (χ0v) is 9.46. The maximum atomic E-state index is 12.4. The van der Waals surface area contributed by atoms with Gasteiger partial charge in [-0.15, -0.1) is 0 Å². The molecule has 0 aromatic heterocycles. The summed E-state index contributed by atoms with van der Waals surface area (Å²) in [7, 11) is 1.07. The van der Waals surface area contributed by atoms with Crippen LogP contribution in [-0.2, 0) is 9.53 Å². The quantitative estimate of drug-likeness (QED) is 0.669. The highest BCUT2D eigenvalue weighted by molar-refractivity contribution is 5.85. The number of hydroxylamine groups is 2. The molecule has 0 amide bonds. The molecule has 0 bridgehead atoms. The van der Waals surface area contributed by atoms with Crippen LogP contribution in [0.3, 0.4) is 0 Å². The zero-order chi connectivity index (χ0) is 13.4. The number of nitrogens with zero attached hydrogens (tertiary/aromatic N) is 1. The summed E-state index contributed by atoms with van der Waals surface area (Å²) in [5.74, 6) is -0.904. The van der Waals surface area contributed by atoms with Crippen molar-refractivity contribution >= 4 is 5.97 Å². The van der Waals surface area contributed by atoms with E-state index in [0.29, 0.717) is 6.20 Å². The number of allylic oxidation sites excluding steroid dienone is 2. The van der Waals surface area contributed by atoms with E-state index in [2.05, 4.69) is 4.74 Å². The Bertz CT molecular complexity index is 400. The van der Waals surface area contributed by atoms with Gasteiger partial charge in [-0.05, 0) is 25.5 Å². The summed E-state index contributed by atoms with van der Waals surface area (Å²) in [5, 5.41) is 11.6. The van der Waals surface area contributed by atoms with Crippen molar-refractivity contribution in [1.29, 1.82) is 0 Å². The van der Waals surface area contributed by atoms with Gasteiger partial charge in [-0.25, -0.2) is 4.79 Å². The predicted octanol–water partition coefficient (Wildman–Crippen LogP) is 2.12. The number of rotatable bonds is 1. The Labute approximate surface area is 95.9 Å². The fourth-order valence-electron chi connectivity index (χ4n) is 1.45. The lowest BCUT2D eigenvalue weighted by Gasteiger charge is -2.46. The van der Waals surface area contributed by atoms with Crippen molar-refractivity contribution in [1.82, 2.24) is 5.06 Å². The number of hydrogen-bond acceptors (Lipinski definition) is 4. The van der Waals surface area contributed by atoms with E-state index in [1.165, 1.54) is 13.8 Å². The van der Waals surface area contributed by atoms with Crippen molar-refractivity contribution in [3.8, 4) is 0 Å². The van der Waals surface area contributed by atoms with E-state index >= 15 is 0 Å². The molecule has 0 N–H and O–H groups in total. The highest BCUT2D eigenvalue weighted by Gasteiger charge is 2.43. The van der Waals surface area contributed by atoms with E-state index in [1.54, 1.807) is 0 Å². The molecule has 0 spiro atoms. The molecule has 1 aliphatic rings. The van der Waals surface area contributed by atoms with Crippen LogP contribution in [0.25, 0.3) is 0 Å². The second-order valence-electron chi connectivity index (χ2n) is 3.80. The fourth-order valence-corrected chi connectivity index (χ4v) is 1.45. The van der Waals surface area contributed by atoms with Crippen LogP contribution in [0.1, 0.15) is 13.8 Å². The SMILES string of the molecule is COC(=O)C1(C)C(C)=CC(C(F)(F)F)=CN1[O-]. The van der Waals surface area contributed by atoms with Gasteiger partial charge in [0.1, 0.15) is 5.54 Å². The molecule has 0 aliphatic carbocycles. The first kappa shape index (κ1) is 13.6. The first-order chi connectivity index (χ1) is 7.64. The number of hydrogen-bond donors (Lipinski definition) is 0. The van der Waals surface area contributed by atoms with E-state index in [9.17, 15) is 23.2 Å². The standard InChI is InChI=1S/C10H11F3NO3/c1-6-4-7(10(11,12)13)5-14(16)9(6,2)8(15)17-3/h4-5H,1-3H3/q-1. The number of carbonyl (C=O) groups is 1. The van der Waals surface area contributed by atoms with Crippen LogP contribution in [0.5, 0.6) is 0 Å². The lowest BCUT2D eigenvalue weighted by molar-refractivity contribution is -0.149. The van der Waals surface area contributed by atoms with Crippen molar-refractivity contribution in [2.45, 2.75) is 25.6 Å². The smallest absolute Gasteiger partial charge is 0.417 e. The summed E-state index contributed by atoms with van der Waals surface area (Å²) in [6.07, 6.45) is -3.50. The lowest BCUT2D eigenvalue weighted by Crippen LogP contribution is -2.50. The highest BCUT2D eigenvalue weighted by atomic mass is 19.4. The van der Waals surface area contributed by atoms with E-state index in [4.69, 9.17) is 0 Å². The van der Waals surface area contributed by atoms with Crippen LogP contribution in [0.4, 0.5) is 13.2 Å². The minimum atomic E-state index is -4.62. The third kappa shape index (κ3) is 2.14. The fraction of sp³-hybridized carbons (Fsp3) is 0.500. The average molecular weight is 250 g/mol. The summed E-state index contributed by atoms with van der Waals surface area (Å²) < 4.78 is 41.7. The van der Waals surface area contributed by atoms with Gasteiger partial charge in [-0.3, -0.25) is 0 Å². The molecule has 1 atom stereocenters. The van der Waals surface area contributed by atoms with Gasteiger partial charge >= 0.3 is 12.1 Å². The maximum Gasteiger partial charge on any atom is 0.417 e. The third-order valence-electron chi connectivity index (χ3n) is 2.75. The van der Waals surface area contributed by atoms with Crippen LogP contribution in [0.15, 0.2) is 23.4 Å². The minimum absolute atomic E-state index is 0.0193. The molecule has 0 aromatic rings. The highest BCUT2D eigenvalue weighted by Crippen LogP contribution is 2.37. The molecule has 0 saturated carbocycles. The summed E-state index contributed by atoms with van der Waals surface area (Å²) in [5.41, 5.74) is -2.86. The molecular weight excluding hydrogens is 239 g/mol. The minimum Gasteiger partial charge on any atom is -0.758 e. The lowest BCUT2D eigenvalue weighted by atomic mass is 9.88. The van der Waals surface area contributed by atoms with E-state index < -0.39 is 23.3 Å². The number of methoxy groups -OCH3 is 1. The Balaban J connectivity index is 3.20. The van der Waals surface area contributed by atoms with Gasteiger partial charge in [0.05, 0.1) is 12.7 Å². The van der Waals surface area contributed by atoms with Crippen molar-refractivity contribution < 1.29 is 22.7 Å². The molecule has 17 heavy (non-hydrogen) atoms. The van der Waals surface area contributed by atoms with Crippen LogP contribution in [0.2, 0.25) is 0 Å². The molecular formula is C10H11F3NO3-. The molecule has 0 fully saturated rings. The number of esters is 1. The van der Waals surface area contributed by atoms with Gasteiger partial charge in [0.2, 0.25) is 0 Å². The Kier molecular flexibility index (Phi) is 3.24. The Morgan fingerprint density at radius 2 is 2.06 bits per heavy atom. The zero-order valence-electron chi connectivity index (χ0n) is 9.46. The van der Waals surface area contributed by atoms with E-state index in [0.717, 1.165) is 13.2 Å². The topological polar surface area (TPSA) is 52.6 Å². The van der Waals surface area contributed by atoms with Crippen molar-refractivity contribution in [2.75, 3.05) is 7.11 Å². The molecule has 4 nitrogen and oxygen atoms in total. The maximum absolute atomic E-state index is 12.4. The van der Waals surface area contributed by atoms with Gasteiger partial charge in [0.15, 0.2) is 0 Å². The second-order valence-corrected chi connectivity index (χ2v) is 3.80. The molecule has 1 aliphatic heterocycles. The number of ether oxygens (including phenoxy) is 1. The van der Waals surface area contributed by atoms with Crippen LogP contribution < -0.4 is 0 Å². The molecule has 96 valence electrons. The van der Waals surface area contributed by atoms with Gasteiger partial charge < -0.3 is 15.0 Å². The van der Waals surface area contributed by atoms with Gasteiger partial charge in [0.25, 0.3) is 0 Å². The summed E-state index contributed by atoms with van der Waals surface area (Å²) in [6.45, 7) is 2.49. The monoisotopic (exact) mass is 250 g/mol. The van der Waals surface area contributed by atoms with E-state index in [1.807, 2.05) is 0 Å². The van der Waals surface area contributed by atoms with Crippen LogP contribution in [-0.4, -0.2) is 29.9 Å². The second kappa shape index (κ2) is 4.06. The molecule has 0 saturated heterocycles. The number of alkyl halides is 3. The van der Waals surface area contributed by atoms with Crippen molar-refractivity contribution in [3.63, 3.8) is 0 Å².